The van der Waals surface area contributed by atoms with Gasteiger partial charge in [-0.2, -0.15) is 0 Å². The fourth-order valence-electron chi connectivity index (χ4n) is 3.61. The lowest BCUT2D eigenvalue weighted by Crippen LogP contribution is -1.86. The van der Waals surface area contributed by atoms with Gasteiger partial charge in [0.05, 0.1) is 11.8 Å². The fourth-order valence-corrected chi connectivity index (χ4v) is 4.81. The summed E-state index contributed by atoms with van der Waals surface area (Å²) in [5, 5.41) is 4.47. The lowest BCUT2D eigenvalue weighted by Gasteiger charge is -2.05. The van der Waals surface area contributed by atoms with Crippen molar-refractivity contribution >= 4 is 42.3 Å². The van der Waals surface area contributed by atoms with E-state index in [1.165, 1.54) is 16.5 Å². The van der Waals surface area contributed by atoms with Gasteiger partial charge in [-0.05, 0) is 54.9 Å². The Kier molecular flexibility index (Phi) is 2.93. The van der Waals surface area contributed by atoms with Gasteiger partial charge in [-0.1, -0.05) is 41.5 Å². The van der Waals surface area contributed by atoms with Gasteiger partial charge in [-0.3, -0.25) is 4.98 Å². The van der Waals surface area contributed by atoms with Crippen molar-refractivity contribution in [3.05, 3.63) is 78.0 Å². The van der Waals surface area contributed by atoms with E-state index in [2.05, 4.69) is 50.2 Å². The number of nitrogens with zero attached hydrogens (tertiary/aromatic N) is 1. The summed E-state index contributed by atoms with van der Waals surface area (Å²) in [6, 6.07) is 19.6. The van der Waals surface area contributed by atoms with Crippen LogP contribution in [0, 0.1) is 13.8 Å². The van der Waals surface area contributed by atoms with Crippen LogP contribution in [-0.4, -0.2) is 4.98 Å². The van der Waals surface area contributed by atoms with E-state index in [1.807, 2.05) is 24.4 Å². The molecule has 0 unspecified atom stereocenters. The van der Waals surface area contributed by atoms with Crippen LogP contribution in [-0.2, 0) is 0 Å². The lowest BCUT2D eigenvalue weighted by atomic mass is 10.0. The minimum absolute atomic E-state index is 0.616. The van der Waals surface area contributed by atoms with Crippen molar-refractivity contribution in [1.82, 2.24) is 4.98 Å². The Hall–Kier alpha value is -2.71. The second-order valence-electron chi connectivity index (χ2n) is 6.61. The van der Waals surface area contributed by atoms with Crippen molar-refractivity contribution in [2.45, 2.75) is 13.8 Å². The van der Waals surface area contributed by atoms with Crippen molar-refractivity contribution in [2.24, 2.45) is 0 Å². The van der Waals surface area contributed by atoms with Gasteiger partial charge in [0.2, 0.25) is 0 Å². The molecular weight excluding hydrogens is 322 g/mol. The Morgan fingerprint density at radius 1 is 0.880 bits per heavy atom. The molecule has 0 atom stereocenters. The van der Waals surface area contributed by atoms with Gasteiger partial charge in [0.1, 0.15) is 0 Å². The van der Waals surface area contributed by atoms with Gasteiger partial charge in [0.25, 0.3) is 0 Å². The molecule has 5 rings (SSSR count). The van der Waals surface area contributed by atoms with Gasteiger partial charge < -0.3 is 0 Å². The predicted molar refractivity (Wildman–Crippen MR) is 110 cm³/mol. The number of hydrogen-bond donors (Lipinski definition) is 0. The van der Waals surface area contributed by atoms with Crippen molar-refractivity contribution in [1.29, 1.82) is 0 Å². The van der Waals surface area contributed by atoms with Gasteiger partial charge in [-0.25, -0.2) is 0 Å². The fraction of sp³-hybridized carbons (Fsp3) is 0.0870. The minimum Gasteiger partial charge on any atom is -0.255 e. The standard InChI is InChI=1S/C23H17NS/c1-14-9-15(2)11-18(10-14)22-23-19(7-8-24-22)20-12-16-5-3-4-6-17(16)13-21(20)25-23/h3-13H,1-2H3/i13D. The van der Waals surface area contributed by atoms with Crippen LogP contribution in [0.1, 0.15) is 12.5 Å². The topological polar surface area (TPSA) is 12.9 Å². The zero-order valence-electron chi connectivity index (χ0n) is 15.1. The van der Waals surface area contributed by atoms with E-state index >= 15 is 0 Å². The summed E-state index contributed by atoms with van der Waals surface area (Å²) in [6.45, 7) is 4.24. The van der Waals surface area contributed by atoms with Crippen LogP contribution in [0.3, 0.4) is 0 Å². The van der Waals surface area contributed by atoms with Crippen LogP contribution in [0.2, 0.25) is 0 Å². The highest BCUT2D eigenvalue weighted by Gasteiger charge is 2.12. The molecule has 120 valence electrons. The molecule has 5 aromatic rings. The number of pyridine rings is 1. The van der Waals surface area contributed by atoms with E-state index in [1.54, 1.807) is 11.3 Å². The van der Waals surface area contributed by atoms with E-state index in [-0.39, 0.29) is 0 Å². The number of benzene rings is 3. The summed E-state index contributed by atoms with van der Waals surface area (Å²) in [5.41, 5.74) is 4.65. The van der Waals surface area contributed by atoms with E-state index in [4.69, 9.17) is 6.35 Å². The van der Waals surface area contributed by atoms with E-state index < -0.39 is 0 Å². The summed E-state index contributed by atoms with van der Waals surface area (Å²) < 4.78 is 10.9. The van der Waals surface area contributed by atoms with Crippen LogP contribution < -0.4 is 0 Å². The smallest absolute Gasteiger partial charge is 0.0880 e. The van der Waals surface area contributed by atoms with Crippen LogP contribution in [0.15, 0.2) is 66.8 Å². The summed E-state index contributed by atoms with van der Waals surface area (Å²) in [4.78, 5) is 4.70. The van der Waals surface area contributed by atoms with E-state index in [0.717, 1.165) is 36.8 Å². The molecule has 2 aromatic heterocycles. The minimum atomic E-state index is 0.616. The molecule has 0 spiro atoms. The number of rotatable bonds is 1. The molecule has 2 heterocycles. The number of thiophene rings is 1. The van der Waals surface area contributed by atoms with Gasteiger partial charge in [0.15, 0.2) is 0 Å². The number of hydrogen-bond acceptors (Lipinski definition) is 2. The first kappa shape index (κ1) is 13.6. The quantitative estimate of drug-likeness (QED) is 0.324. The monoisotopic (exact) mass is 340 g/mol. The Balaban J connectivity index is 1.91. The normalized spacial score (nSPS) is 12.2. The van der Waals surface area contributed by atoms with Crippen LogP contribution in [0.25, 0.3) is 42.2 Å². The molecule has 0 amide bonds. The molecule has 0 saturated heterocycles. The molecule has 3 aromatic carbocycles. The molecule has 0 bridgehead atoms. The summed E-state index contributed by atoms with van der Waals surface area (Å²) in [6.07, 6.45) is 1.89. The Bertz CT molecular complexity index is 1300. The third kappa shape index (κ3) is 2.33. The second-order valence-corrected chi connectivity index (χ2v) is 7.63. The zero-order valence-corrected chi connectivity index (χ0v) is 14.9. The maximum Gasteiger partial charge on any atom is 0.0880 e. The summed E-state index contributed by atoms with van der Waals surface area (Å²) >= 11 is 1.69. The van der Waals surface area contributed by atoms with Gasteiger partial charge >= 0.3 is 0 Å². The number of fused-ring (bicyclic) bond motifs is 4. The summed E-state index contributed by atoms with van der Waals surface area (Å²) in [5.74, 6) is 0. The van der Waals surface area contributed by atoms with E-state index in [9.17, 15) is 0 Å². The first-order valence-electron chi connectivity index (χ1n) is 8.90. The maximum absolute atomic E-state index is 8.70. The summed E-state index contributed by atoms with van der Waals surface area (Å²) in [7, 11) is 0. The third-order valence-corrected chi connectivity index (χ3v) is 5.79. The molecule has 25 heavy (non-hydrogen) atoms. The van der Waals surface area contributed by atoms with E-state index in [0.29, 0.717) is 6.04 Å². The molecule has 2 heteroatoms. The van der Waals surface area contributed by atoms with Gasteiger partial charge in [0, 0.05) is 27.2 Å². The molecule has 0 aliphatic heterocycles. The van der Waals surface area contributed by atoms with Crippen molar-refractivity contribution in [3.63, 3.8) is 0 Å². The Labute approximate surface area is 152 Å². The van der Waals surface area contributed by atoms with Crippen LogP contribution >= 0.6 is 11.3 Å². The predicted octanol–water partition coefficient (Wildman–Crippen LogP) is 6.89. The average molecular weight is 340 g/mol. The first-order valence-corrected chi connectivity index (χ1v) is 9.22. The molecule has 0 N–H and O–H groups in total. The first-order chi connectivity index (χ1) is 12.6. The largest absolute Gasteiger partial charge is 0.255 e. The number of aryl methyl sites for hydroxylation is 2. The number of aromatic nitrogens is 1. The maximum atomic E-state index is 8.70. The second kappa shape index (κ2) is 5.40. The highest BCUT2D eigenvalue weighted by Crippen LogP contribution is 2.40. The highest BCUT2D eigenvalue weighted by atomic mass is 32.1. The molecule has 0 aliphatic carbocycles. The Morgan fingerprint density at radius 2 is 1.64 bits per heavy atom. The third-order valence-electron chi connectivity index (χ3n) is 4.65. The van der Waals surface area contributed by atoms with Crippen LogP contribution in [0.5, 0.6) is 0 Å². The molecule has 0 fully saturated rings. The average Bonchev–Trinajstić information content (AvgIpc) is 3.00. The van der Waals surface area contributed by atoms with Crippen LogP contribution in [0.4, 0.5) is 0 Å². The molecular formula is C23H17NS. The molecule has 0 saturated carbocycles. The SMILES string of the molecule is [2H]c1c2ccccc2cc2c1sc1c(-c3cc(C)cc(C)c3)nccc12. The zero-order chi connectivity index (χ0) is 17.8. The van der Waals surface area contributed by atoms with Gasteiger partial charge in [-0.15, -0.1) is 11.3 Å². The lowest BCUT2D eigenvalue weighted by molar-refractivity contribution is 1.33. The van der Waals surface area contributed by atoms with Crippen molar-refractivity contribution in [3.8, 4) is 11.3 Å². The molecule has 0 aliphatic rings. The highest BCUT2D eigenvalue weighted by molar-refractivity contribution is 7.26. The molecule has 1 nitrogen and oxygen atoms in total. The Morgan fingerprint density at radius 3 is 2.44 bits per heavy atom. The van der Waals surface area contributed by atoms with Crippen molar-refractivity contribution < 1.29 is 1.37 Å². The van der Waals surface area contributed by atoms with Crippen molar-refractivity contribution in [2.75, 3.05) is 0 Å². The molecule has 0 radical (unpaired) electrons.